The second kappa shape index (κ2) is 7.79. The van der Waals surface area contributed by atoms with Gasteiger partial charge in [-0.15, -0.1) is 0 Å². The van der Waals surface area contributed by atoms with E-state index in [1.54, 1.807) is 11.1 Å². The zero-order chi connectivity index (χ0) is 17.0. The fourth-order valence-corrected chi connectivity index (χ4v) is 2.91. The van der Waals surface area contributed by atoms with E-state index < -0.39 is 0 Å². The van der Waals surface area contributed by atoms with Gasteiger partial charge in [0.15, 0.2) is 0 Å². The highest BCUT2D eigenvalue weighted by Gasteiger charge is 2.20. The van der Waals surface area contributed by atoms with E-state index in [0.29, 0.717) is 10.8 Å². The van der Waals surface area contributed by atoms with Crippen LogP contribution in [-0.2, 0) is 0 Å². The number of hydrogen-bond acceptors (Lipinski definition) is 2. The summed E-state index contributed by atoms with van der Waals surface area (Å²) < 4.78 is 0. The molecule has 2 heteroatoms. The number of hydrogen-bond donors (Lipinski definition) is 0. The van der Waals surface area contributed by atoms with Crippen LogP contribution in [0.5, 0.6) is 0 Å². The van der Waals surface area contributed by atoms with Crippen molar-refractivity contribution in [3.8, 4) is 0 Å². The molecule has 0 amide bonds. The van der Waals surface area contributed by atoms with Crippen molar-refractivity contribution in [1.82, 2.24) is 9.80 Å². The van der Waals surface area contributed by atoms with E-state index in [-0.39, 0.29) is 0 Å². The van der Waals surface area contributed by atoms with Crippen LogP contribution in [0, 0.1) is 10.8 Å². The predicted molar refractivity (Wildman–Crippen MR) is 99.3 cm³/mol. The average Bonchev–Trinajstić information content (AvgIpc) is 2.25. The Bertz CT molecular complexity index is 348. The van der Waals surface area contributed by atoms with Crippen molar-refractivity contribution in [3.63, 3.8) is 0 Å². The molecule has 0 aromatic rings. The lowest BCUT2D eigenvalue weighted by molar-refractivity contribution is 0.260. The summed E-state index contributed by atoms with van der Waals surface area (Å²) in [5.74, 6) is 0. The van der Waals surface area contributed by atoms with Gasteiger partial charge in [-0.1, -0.05) is 67.5 Å². The summed E-state index contributed by atoms with van der Waals surface area (Å²) in [6.07, 6.45) is 4.80. The lowest BCUT2D eigenvalue weighted by Crippen LogP contribution is -2.40. The second-order valence-corrected chi connectivity index (χ2v) is 8.94. The third-order valence-electron chi connectivity index (χ3n) is 3.88. The molecule has 0 radical (unpaired) electrons. The van der Waals surface area contributed by atoms with E-state index in [0.717, 1.165) is 0 Å². The van der Waals surface area contributed by atoms with E-state index in [1.807, 2.05) is 0 Å². The summed E-state index contributed by atoms with van der Waals surface area (Å²) in [5, 5.41) is 0. The van der Waals surface area contributed by atoms with Crippen LogP contribution < -0.4 is 0 Å². The highest BCUT2D eigenvalue weighted by Crippen LogP contribution is 2.23. The van der Waals surface area contributed by atoms with E-state index in [9.17, 15) is 0 Å². The Hall–Kier alpha value is -0.600. The molecule has 0 aromatic carbocycles. The van der Waals surface area contributed by atoms with Gasteiger partial charge in [0, 0.05) is 26.2 Å². The molecule has 2 fully saturated rings. The largest absolute Gasteiger partial charge is 0.296 e. The molecule has 0 aliphatic carbocycles. The summed E-state index contributed by atoms with van der Waals surface area (Å²) in [6.45, 7) is 25.2. The van der Waals surface area contributed by atoms with E-state index >= 15 is 0 Å². The van der Waals surface area contributed by atoms with Crippen LogP contribution in [0.25, 0.3) is 0 Å². The summed E-state index contributed by atoms with van der Waals surface area (Å²) in [5.41, 5.74) is 3.96. The van der Waals surface area contributed by atoms with Crippen molar-refractivity contribution >= 4 is 0 Å². The number of allylic oxidation sites excluding steroid dienone is 2. The molecule has 0 bridgehead atoms. The molecule has 0 atom stereocenters. The maximum absolute atomic E-state index is 2.44. The second-order valence-electron chi connectivity index (χ2n) is 8.94. The first kappa shape index (κ1) is 19.4. The normalized spacial score (nSPS) is 19.8. The molecule has 2 aliphatic heterocycles. The van der Waals surface area contributed by atoms with Gasteiger partial charge in [-0.3, -0.25) is 9.80 Å². The Balaban J connectivity index is 0.000000220. The first-order chi connectivity index (χ1) is 10.0. The quantitative estimate of drug-likeness (QED) is 0.689. The molecule has 2 rings (SSSR count). The minimum Gasteiger partial charge on any atom is -0.296 e. The Morgan fingerprint density at radius 2 is 0.955 bits per heavy atom. The first-order valence-electron chi connectivity index (χ1n) is 8.88. The van der Waals surface area contributed by atoms with Crippen molar-refractivity contribution in [2.45, 2.75) is 55.4 Å². The summed E-state index contributed by atoms with van der Waals surface area (Å²) >= 11 is 0. The molecular weight excluding hydrogens is 268 g/mol. The van der Waals surface area contributed by atoms with Crippen LogP contribution in [0.4, 0.5) is 0 Å². The molecule has 2 saturated heterocycles. The molecule has 0 N–H and O–H groups in total. The molecular formula is C20H38N2. The van der Waals surface area contributed by atoms with Gasteiger partial charge in [0.1, 0.15) is 0 Å². The molecule has 2 aliphatic rings. The van der Waals surface area contributed by atoms with E-state index in [1.165, 1.54) is 39.3 Å². The summed E-state index contributed by atoms with van der Waals surface area (Å²) in [4.78, 5) is 4.88. The predicted octanol–water partition coefficient (Wildman–Crippen LogP) is 4.59. The van der Waals surface area contributed by atoms with Crippen molar-refractivity contribution in [2.24, 2.45) is 10.8 Å². The fourth-order valence-electron chi connectivity index (χ4n) is 2.91. The van der Waals surface area contributed by atoms with Crippen LogP contribution in [0.3, 0.4) is 0 Å². The SMILES string of the molecule is CCN1CC(=CC(C)(C)C)C1.CCN1CC(=CC(C)(C)C)C1. The maximum Gasteiger partial charge on any atom is 0.0209 e. The van der Waals surface area contributed by atoms with E-state index in [2.05, 4.69) is 77.3 Å². The molecule has 2 heterocycles. The fraction of sp³-hybridized carbons (Fsp3) is 0.800. The number of likely N-dealkylation sites (tertiary alicyclic amines) is 2. The molecule has 2 nitrogen and oxygen atoms in total. The Labute approximate surface area is 139 Å². The van der Waals surface area contributed by atoms with Crippen molar-refractivity contribution in [1.29, 1.82) is 0 Å². The van der Waals surface area contributed by atoms with Gasteiger partial charge in [0.05, 0.1) is 0 Å². The van der Waals surface area contributed by atoms with Crippen LogP contribution in [-0.4, -0.2) is 49.1 Å². The highest BCUT2D eigenvalue weighted by molar-refractivity contribution is 5.18. The molecule has 128 valence electrons. The molecule has 0 aromatic heterocycles. The van der Waals surface area contributed by atoms with Crippen LogP contribution in [0.2, 0.25) is 0 Å². The Morgan fingerprint density at radius 1 is 0.682 bits per heavy atom. The smallest absolute Gasteiger partial charge is 0.0209 e. The van der Waals surface area contributed by atoms with Crippen LogP contribution in [0.15, 0.2) is 23.3 Å². The molecule has 0 saturated carbocycles. The van der Waals surface area contributed by atoms with Gasteiger partial charge >= 0.3 is 0 Å². The van der Waals surface area contributed by atoms with Gasteiger partial charge in [-0.2, -0.15) is 0 Å². The number of rotatable bonds is 2. The average molecular weight is 307 g/mol. The Morgan fingerprint density at radius 3 is 1.14 bits per heavy atom. The summed E-state index contributed by atoms with van der Waals surface area (Å²) in [6, 6.07) is 0. The highest BCUT2D eigenvalue weighted by atomic mass is 15.2. The van der Waals surface area contributed by atoms with Gasteiger partial charge in [-0.25, -0.2) is 0 Å². The lowest BCUT2D eigenvalue weighted by atomic mass is 9.91. The Kier molecular flexibility index (Phi) is 6.88. The third-order valence-corrected chi connectivity index (χ3v) is 3.88. The number of likely N-dealkylation sites (N-methyl/N-ethyl adjacent to an activating group) is 2. The lowest BCUT2D eigenvalue weighted by Gasteiger charge is -2.34. The van der Waals surface area contributed by atoms with Gasteiger partial charge in [0.2, 0.25) is 0 Å². The molecule has 0 unspecified atom stereocenters. The van der Waals surface area contributed by atoms with Crippen LogP contribution in [0.1, 0.15) is 55.4 Å². The van der Waals surface area contributed by atoms with Gasteiger partial charge in [0.25, 0.3) is 0 Å². The topological polar surface area (TPSA) is 6.48 Å². The molecule has 0 spiro atoms. The van der Waals surface area contributed by atoms with Crippen molar-refractivity contribution in [2.75, 3.05) is 39.3 Å². The zero-order valence-electron chi connectivity index (χ0n) is 16.3. The van der Waals surface area contributed by atoms with Gasteiger partial charge < -0.3 is 0 Å². The molecule has 22 heavy (non-hydrogen) atoms. The maximum atomic E-state index is 2.44. The van der Waals surface area contributed by atoms with Crippen LogP contribution >= 0.6 is 0 Å². The van der Waals surface area contributed by atoms with E-state index in [4.69, 9.17) is 0 Å². The number of nitrogens with zero attached hydrogens (tertiary/aromatic N) is 2. The third kappa shape index (κ3) is 7.60. The first-order valence-corrected chi connectivity index (χ1v) is 8.88. The van der Waals surface area contributed by atoms with Crippen molar-refractivity contribution < 1.29 is 0 Å². The van der Waals surface area contributed by atoms with Crippen molar-refractivity contribution in [3.05, 3.63) is 23.3 Å². The van der Waals surface area contributed by atoms with Gasteiger partial charge in [-0.05, 0) is 35.1 Å². The monoisotopic (exact) mass is 306 g/mol. The zero-order valence-corrected chi connectivity index (χ0v) is 16.3. The summed E-state index contributed by atoms with van der Waals surface area (Å²) in [7, 11) is 0. The standard InChI is InChI=1S/2C10H19N/c2*1-5-11-7-9(8-11)6-10(2,3)4/h2*6H,5,7-8H2,1-4H3. The minimum atomic E-state index is 0.370. The minimum absolute atomic E-state index is 0.370.